The minimum atomic E-state index is -0.402. The minimum Gasteiger partial charge on any atom is -0.366 e. The van der Waals surface area contributed by atoms with E-state index in [9.17, 15) is 14.9 Å². The molecule has 3 aromatic rings. The van der Waals surface area contributed by atoms with Crippen molar-refractivity contribution in [3.8, 4) is 0 Å². The van der Waals surface area contributed by atoms with Crippen LogP contribution in [0, 0.1) is 10.1 Å². The third-order valence-electron chi connectivity index (χ3n) is 5.35. The maximum absolute atomic E-state index is 12.2. The number of fused-ring (bicyclic) bond motifs is 1. The number of benzene rings is 2. The molecular formula is C22H24N4O3S. The summed E-state index contributed by atoms with van der Waals surface area (Å²) in [5.74, 6) is 0.0722. The molecule has 0 spiro atoms. The van der Waals surface area contributed by atoms with E-state index >= 15 is 0 Å². The number of nitrogens with one attached hydrogen (secondary N) is 1. The molecule has 0 unspecified atom stereocenters. The number of nitrogens with zero attached hydrogens (tertiary/aromatic N) is 3. The molecule has 7 nitrogen and oxygen atoms in total. The number of piperidine rings is 1. The molecule has 2 heterocycles. The van der Waals surface area contributed by atoms with Crippen LogP contribution >= 0.6 is 11.3 Å². The highest BCUT2D eigenvalue weighted by Gasteiger charge is 2.28. The first kappa shape index (κ1) is 20.3. The zero-order valence-electron chi connectivity index (χ0n) is 17.0. The molecule has 1 fully saturated rings. The third-order valence-corrected chi connectivity index (χ3v) is 6.55. The summed E-state index contributed by atoms with van der Waals surface area (Å²) in [6.45, 7) is 5.16. The molecule has 0 bridgehead atoms. The average molecular weight is 425 g/mol. The Morgan fingerprint density at radius 2 is 1.97 bits per heavy atom. The van der Waals surface area contributed by atoms with Gasteiger partial charge in [0, 0.05) is 36.7 Å². The predicted molar refractivity (Wildman–Crippen MR) is 120 cm³/mol. The van der Waals surface area contributed by atoms with E-state index in [0.717, 1.165) is 36.5 Å². The summed E-state index contributed by atoms with van der Waals surface area (Å²) in [5.41, 5.74) is 1.89. The molecule has 1 N–H and O–H groups in total. The number of thiazole rings is 1. The van der Waals surface area contributed by atoms with Gasteiger partial charge >= 0.3 is 0 Å². The van der Waals surface area contributed by atoms with Gasteiger partial charge in [0.1, 0.15) is 5.69 Å². The van der Waals surface area contributed by atoms with Crippen molar-refractivity contribution in [2.24, 2.45) is 0 Å². The number of para-hydroxylation sites is 1. The van der Waals surface area contributed by atoms with E-state index in [0.29, 0.717) is 17.2 Å². The van der Waals surface area contributed by atoms with Gasteiger partial charge in [0.15, 0.2) is 0 Å². The van der Waals surface area contributed by atoms with Gasteiger partial charge in [0.2, 0.25) is 0 Å². The van der Waals surface area contributed by atoms with Crippen LogP contribution in [0.25, 0.3) is 10.2 Å². The largest absolute Gasteiger partial charge is 0.366 e. The van der Waals surface area contributed by atoms with Gasteiger partial charge in [0.25, 0.3) is 11.6 Å². The summed E-state index contributed by atoms with van der Waals surface area (Å²) in [6.07, 6.45) is 1.79. The molecule has 0 atom stereocenters. The fourth-order valence-corrected chi connectivity index (χ4v) is 4.99. The van der Waals surface area contributed by atoms with Crippen LogP contribution in [-0.2, 0) is 0 Å². The topological polar surface area (TPSA) is 88.4 Å². The summed E-state index contributed by atoms with van der Waals surface area (Å²) in [4.78, 5) is 30.4. The molecule has 0 saturated carbocycles. The molecule has 8 heteroatoms. The molecule has 156 valence electrons. The Labute approximate surface area is 178 Å². The van der Waals surface area contributed by atoms with E-state index < -0.39 is 4.92 Å². The zero-order valence-corrected chi connectivity index (χ0v) is 17.8. The monoisotopic (exact) mass is 424 g/mol. The smallest absolute Gasteiger partial charge is 0.293 e. The summed E-state index contributed by atoms with van der Waals surface area (Å²) >= 11 is 1.74. The molecule has 1 amide bonds. The van der Waals surface area contributed by atoms with Gasteiger partial charge in [-0.1, -0.05) is 12.1 Å². The molecule has 1 aromatic heterocycles. The second kappa shape index (κ2) is 8.39. The second-order valence-corrected chi connectivity index (χ2v) is 8.93. The number of carbonyl (C=O) groups is 1. The van der Waals surface area contributed by atoms with E-state index in [1.54, 1.807) is 23.5 Å². The van der Waals surface area contributed by atoms with Crippen molar-refractivity contribution in [1.82, 2.24) is 10.3 Å². The molecule has 0 aliphatic carbocycles. The lowest BCUT2D eigenvalue weighted by atomic mass is 9.96. The number of amides is 1. The Hall–Kier alpha value is -3.00. The lowest BCUT2D eigenvalue weighted by Crippen LogP contribution is -2.33. The van der Waals surface area contributed by atoms with Gasteiger partial charge in [-0.2, -0.15) is 0 Å². The van der Waals surface area contributed by atoms with Crippen molar-refractivity contribution in [1.29, 1.82) is 0 Å². The van der Waals surface area contributed by atoms with E-state index in [2.05, 4.69) is 11.4 Å². The van der Waals surface area contributed by atoms with E-state index in [1.807, 2.05) is 36.9 Å². The number of nitro benzene ring substituents is 1. The number of hydrogen-bond acceptors (Lipinski definition) is 6. The maximum Gasteiger partial charge on any atom is 0.293 e. The molecular weight excluding hydrogens is 400 g/mol. The van der Waals surface area contributed by atoms with E-state index in [-0.39, 0.29) is 17.6 Å². The fourth-order valence-electron chi connectivity index (χ4n) is 3.86. The van der Waals surface area contributed by atoms with Crippen molar-refractivity contribution in [2.45, 2.75) is 38.6 Å². The zero-order chi connectivity index (χ0) is 21.3. The first-order valence-electron chi connectivity index (χ1n) is 10.1. The molecule has 1 aliphatic heterocycles. The van der Waals surface area contributed by atoms with Crippen LogP contribution in [0.2, 0.25) is 0 Å². The second-order valence-electron chi connectivity index (χ2n) is 7.87. The fraction of sp³-hybridized carbons (Fsp3) is 0.364. The summed E-state index contributed by atoms with van der Waals surface area (Å²) < 4.78 is 1.20. The number of nitro groups is 1. The van der Waals surface area contributed by atoms with Crippen LogP contribution in [0.1, 0.15) is 48.0 Å². The third kappa shape index (κ3) is 4.14. The standard InChI is InChI=1S/C22H24N4O3S/c1-14(2)23-21(27)16-7-8-18(19(13-16)26(28)29)25-11-9-15(10-12-25)22-24-17-5-3-4-6-20(17)30-22/h3-8,13-15H,9-12H2,1-2H3,(H,23,27). The highest BCUT2D eigenvalue weighted by Crippen LogP contribution is 2.37. The van der Waals surface area contributed by atoms with Crippen molar-refractivity contribution in [3.63, 3.8) is 0 Å². The predicted octanol–water partition coefficient (Wildman–Crippen LogP) is 4.73. The van der Waals surface area contributed by atoms with Crippen LogP contribution in [0.5, 0.6) is 0 Å². The normalized spacial score (nSPS) is 15.0. The lowest BCUT2D eigenvalue weighted by molar-refractivity contribution is -0.384. The van der Waals surface area contributed by atoms with Crippen LogP contribution in [0.15, 0.2) is 42.5 Å². The summed E-state index contributed by atoms with van der Waals surface area (Å²) in [5, 5.41) is 15.6. The number of aromatic nitrogens is 1. The quantitative estimate of drug-likeness (QED) is 0.473. The Morgan fingerprint density at radius 1 is 1.23 bits per heavy atom. The Kier molecular flexibility index (Phi) is 5.67. The first-order valence-corrected chi connectivity index (χ1v) is 10.9. The summed E-state index contributed by atoms with van der Waals surface area (Å²) in [7, 11) is 0. The molecule has 1 aliphatic rings. The number of carbonyl (C=O) groups excluding carboxylic acids is 1. The number of anilines is 1. The number of hydrogen-bond donors (Lipinski definition) is 1. The van der Waals surface area contributed by atoms with E-state index in [4.69, 9.17) is 4.98 Å². The minimum absolute atomic E-state index is 0.0233. The van der Waals surface area contributed by atoms with Gasteiger partial charge in [-0.25, -0.2) is 4.98 Å². The van der Waals surface area contributed by atoms with Gasteiger partial charge in [0.05, 0.1) is 20.1 Å². The van der Waals surface area contributed by atoms with Gasteiger partial charge in [-0.3, -0.25) is 14.9 Å². The van der Waals surface area contributed by atoms with Crippen molar-refractivity contribution in [3.05, 3.63) is 63.1 Å². The maximum atomic E-state index is 12.2. The van der Waals surface area contributed by atoms with Crippen LogP contribution in [0.3, 0.4) is 0 Å². The molecule has 4 rings (SSSR count). The van der Waals surface area contributed by atoms with Gasteiger partial charge in [-0.05, 0) is 51.0 Å². The highest BCUT2D eigenvalue weighted by atomic mass is 32.1. The lowest BCUT2D eigenvalue weighted by Gasteiger charge is -2.32. The van der Waals surface area contributed by atoms with Gasteiger partial charge < -0.3 is 10.2 Å². The first-order chi connectivity index (χ1) is 14.4. The SMILES string of the molecule is CC(C)NC(=O)c1ccc(N2CCC(c3nc4ccccc4s3)CC2)c([N+](=O)[O-])c1. The van der Waals surface area contributed by atoms with Crippen molar-refractivity contribution < 1.29 is 9.72 Å². The van der Waals surface area contributed by atoms with Gasteiger partial charge in [-0.15, -0.1) is 11.3 Å². The average Bonchev–Trinajstić information content (AvgIpc) is 3.17. The van der Waals surface area contributed by atoms with Crippen LogP contribution in [0.4, 0.5) is 11.4 Å². The van der Waals surface area contributed by atoms with Crippen LogP contribution in [-0.4, -0.2) is 34.9 Å². The Morgan fingerprint density at radius 3 is 2.63 bits per heavy atom. The van der Waals surface area contributed by atoms with Crippen LogP contribution < -0.4 is 10.2 Å². The molecule has 0 radical (unpaired) electrons. The van der Waals surface area contributed by atoms with E-state index in [1.165, 1.54) is 10.8 Å². The highest BCUT2D eigenvalue weighted by molar-refractivity contribution is 7.18. The summed E-state index contributed by atoms with van der Waals surface area (Å²) in [6, 6.07) is 12.9. The Bertz CT molecular complexity index is 1050. The molecule has 30 heavy (non-hydrogen) atoms. The molecule has 1 saturated heterocycles. The number of rotatable bonds is 5. The van der Waals surface area contributed by atoms with Crippen molar-refractivity contribution in [2.75, 3.05) is 18.0 Å². The Balaban J connectivity index is 1.51. The molecule has 2 aromatic carbocycles. The van der Waals surface area contributed by atoms with Crippen molar-refractivity contribution >= 4 is 38.8 Å².